The molecule has 6 N–H and O–H groups in total. The second-order valence-electron chi connectivity index (χ2n) is 16.8. The molecule has 5 rings (SSSR count). The van der Waals surface area contributed by atoms with Gasteiger partial charge in [-0.3, -0.25) is 24.5 Å². The molecule has 326 valence electrons. The van der Waals surface area contributed by atoms with Gasteiger partial charge >= 0.3 is 6.03 Å². The summed E-state index contributed by atoms with van der Waals surface area (Å²) in [5, 5.41) is 31.9. The van der Waals surface area contributed by atoms with Gasteiger partial charge in [-0.2, -0.15) is 0 Å². The van der Waals surface area contributed by atoms with Crippen LogP contribution in [0, 0.1) is 12.3 Å². The van der Waals surface area contributed by atoms with E-state index in [-0.39, 0.29) is 67.8 Å². The number of ether oxygens (including phenoxy) is 2. The molecule has 2 aliphatic rings. The first kappa shape index (κ1) is 46.0. The number of imide groups is 1. The summed E-state index contributed by atoms with van der Waals surface area (Å²) in [6.07, 6.45) is 5.97. The highest BCUT2D eigenvalue weighted by atomic mass is 32.1. The summed E-state index contributed by atoms with van der Waals surface area (Å²) in [4.78, 5) is 72.7. The number of nitrogens with zero attached hydrogens (tertiary/aromatic N) is 2. The number of thiazole rings is 1. The first-order valence-corrected chi connectivity index (χ1v) is 21.7. The Bertz CT molecular complexity index is 1940. The van der Waals surface area contributed by atoms with E-state index >= 15 is 0 Å². The van der Waals surface area contributed by atoms with Gasteiger partial charge in [-0.1, -0.05) is 70.4 Å². The number of rotatable bonds is 17. The van der Waals surface area contributed by atoms with Crippen LogP contribution in [0.15, 0.2) is 48.0 Å². The number of aliphatic hydroxyl groups is 1. The Morgan fingerprint density at radius 1 is 0.967 bits per heavy atom. The van der Waals surface area contributed by atoms with Crippen molar-refractivity contribution >= 4 is 41.0 Å². The summed E-state index contributed by atoms with van der Waals surface area (Å²) < 4.78 is 11.4. The van der Waals surface area contributed by atoms with Crippen molar-refractivity contribution in [3.05, 3.63) is 64.8 Å². The highest BCUT2D eigenvalue weighted by molar-refractivity contribution is 7.13. The minimum absolute atomic E-state index is 0.0184. The van der Waals surface area contributed by atoms with Crippen LogP contribution >= 0.6 is 11.3 Å². The second kappa shape index (κ2) is 21.5. The SMILES string of the molecule is Cc1ncsc1-c1ccc(C(C)NC(=O)C2CC(O)CN2C(=O)C(NC(=O)COCCCCCOc2cccc(O)c2C(=O)NC(=O)NC2CCCCC2)C(C)(C)C)cc1. The van der Waals surface area contributed by atoms with Crippen molar-refractivity contribution in [2.45, 2.75) is 123 Å². The number of amides is 6. The number of likely N-dealkylation sites (tertiary alicyclic amines) is 1. The third-order valence-corrected chi connectivity index (χ3v) is 11.9. The number of β-amino-alcohol motifs (C(OH)–C–C–N with tert-alkyl or cyclic N) is 1. The van der Waals surface area contributed by atoms with Crippen LogP contribution in [0.5, 0.6) is 11.5 Å². The standard InChI is InChI=1S/C44H60N6O9S/c1-27(29-17-19-30(20-18-29)38-28(2)45-26-60-38)46-40(54)33-23-32(51)24-50(33)42(56)39(44(3,4)5)48-36(53)25-58-21-10-7-11-22-59-35-16-12-15-34(52)37(35)41(55)49-43(57)47-31-13-8-6-9-14-31/h12,15-20,26-27,31-33,39,51-52H,6-11,13-14,21-25H2,1-5H3,(H,46,54)(H,48,53)(H2,47,49,55,57). The number of benzene rings is 2. The first-order chi connectivity index (χ1) is 28.6. The zero-order valence-corrected chi connectivity index (χ0v) is 36.1. The average molecular weight is 849 g/mol. The van der Waals surface area contributed by atoms with Gasteiger partial charge in [0, 0.05) is 25.6 Å². The largest absolute Gasteiger partial charge is 0.507 e. The van der Waals surface area contributed by atoms with Crippen LogP contribution in [0.1, 0.15) is 113 Å². The number of carbonyl (C=O) groups is 5. The molecule has 16 heteroatoms. The summed E-state index contributed by atoms with van der Waals surface area (Å²) in [7, 11) is 0. The Morgan fingerprint density at radius 3 is 2.37 bits per heavy atom. The molecule has 0 radical (unpaired) electrons. The molecular weight excluding hydrogens is 789 g/mol. The van der Waals surface area contributed by atoms with E-state index < -0.39 is 47.4 Å². The fourth-order valence-corrected chi connectivity index (χ4v) is 8.36. The third-order valence-electron chi connectivity index (χ3n) is 10.9. The molecule has 2 fully saturated rings. The maximum absolute atomic E-state index is 14.0. The third kappa shape index (κ3) is 12.7. The molecule has 1 aliphatic carbocycles. The quantitative estimate of drug-likeness (QED) is 0.0936. The number of nitrogens with one attached hydrogen (secondary N) is 4. The van der Waals surface area contributed by atoms with Gasteiger partial charge in [0.25, 0.3) is 5.91 Å². The molecule has 3 aromatic rings. The lowest BCUT2D eigenvalue weighted by molar-refractivity contribution is -0.144. The van der Waals surface area contributed by atoms with Crippen LogP contribution in [0.4, 0.5) is 4.79 Å². The molecule has 0 bridgehead atoms. The number of phenolic OH excluding ortho intramolecular Hbond substituents is 1. The lowest BCUT2D eigenvalue weighted by atomic mass is 9.85. The van der Waals surface area contributed by atoms with Crippen molar-refractivity contribution in [2.24, 2.45) is 5.41 Å². The molecule has 1 aliphatic heterocycles. The predicted molar refractivity (Wildman–Crippen MR) is 227 cm³/mol. The van der Waals surface area contributed by atoms with Crippen LogP contribution < -0.4 is 26.0 Å². The number of carbonyl (C=O) groups excluding carboxylic acids is 5. The monoisotopic (exact) mass is 848 g/mol. The van der Waals surface area contributed by atoms with Crippen molar-refractivity contribution in [3.63, 3.8) is 0 Å². The van der Waals surface area contributed by atoms with Crippen molar-refractivity contribution < 1.29 is 43.7 Å². The number of unbranched alkanes of at least 4 members (excludes halogenated alkanes) is 2. The number of phenols is 1. The minimum atomic E-state index is -0.984. The minimum Gasteiger partial charge on any atom is -0.507 e. The first-order valence-electron chi connectivity index (χ1n) is 20.9. The van der Waals surface area contributed by atoms with Crippen LogP contribution in [0.3, 0.4) is 0 Å². The Balaban J connectivity index is 1.04. The van der Waals surface area contributed by atoms with Crippen molar-refractivity contribution in [1.82, 2.24) is 31.2 Å². The lowest BCUT2D eigenvalue weighted by Crippen LogP contribution is -2.58. The molecule has 60 heavy (non-hydrogen) atoms. The zero-order chi connectivity index (χ0) is 43.4. The van der Waals surface area contributed by atoms with E-state index in [1.165, 1.54) is 11.0 Å². The summed E-state index contributed by atoms with van der Waals surface area (Å²) >= 11 is 1.57. The molecule has 6 amide bonds. The molecule has 4 atom stereocenters. The Hall–Kier alpha value is -5.06. The maximum Gasteiger partial charge on any atom is 0.321 e. The summed E-state index contributed by atoms with van der Waals surface area (Å²) in [5.41, 5.74) is 3.86. The van der Waals surface area contributed by atoms with Gasteiger partial charge in [-0.15, -0.1) is 11.3 Å². The van der Waals surface area contributed by atoms with Gasteiger partial charge in [0.1, 0.15) is 35.8 Å². The van der Waals surface area contributed by atoms with Crippen LogP contribution in [0.2, 0.25) is 0 Å². The van der Waals surface area contributed by atoms with Gasteiger partial charge in [-0.05, 0) is 74.6 Å². The van der Waals surface area contributed by atoms with Crippen molar-refractivity contribution in [1.29, 1.82) is 0 Å². The molecule has 2 aromatic carbocycles. The average Bonchev–Trinajstić information content (AvgIpc) is 3.82. The smallest absolute Gasteiger partial charge is 0.321 e. The van der Waals surface area contributed by atoms with Crippen LogP contribution in [-0.4, -0.2) is 100 Å². The van der Waals surface area contributed by atoms with E-state index in [4.69, 9.17) is 9.47 Å². The molecule has 1 saturated carbocycles. The van der Waals surface area contributed by atoms with Crippen LogP contribution in [-0.2, 0) is 19.1 Å². The normalized spacial score (nSPS) is 18.0. The van der Waals surface area contributed by atoms with Gasteiger partial charge in [0.2, 0.25) is 17.7 Å². The number of hydrogen-bond donors (Lipinski definition) is 6. The lowest BCUT2D eigenvalue weighted by Gasteiger charge is -2.35. The molecular formula is C44H60N6O9S. The maximum atomic E-state index is 14.0. The van der Waals surface area contributed by atoms with Crippen molar-refractivity contribution in [2.75, 3.05) is 26.4 Å². The van der Waals surface area contributed by atoms with Gasteiger partial charge < -0.3 is 40.5 Å². The predicted octanol–water partition coefficient (Wildman–Crippen LogP) is 5.53. The van der Waals surface area contributed by atoms with Crippen molar-refractivity contribution in [3.8, 4) is 21.9 Å². The molecule has 1 aromatic heterocycles. The highest BCUT2D eigenvalue weighted by Gasteiger charge is 2.44. The molecule has 0 spiro atoms. The zero-order valence-electron chi connectivity index (χ0n) is 35.3. The Labute approximate surface area is 356 Å². The van der Waals surface area contributed by atoms with E-state index in [0.29, 0.717) is 19.3 Å². The fourth-order valence-electron chi connectivity index (χ4n) is 7.55. The highest BCUT2D eigenvalue weighted by Crippen LogP contribution is 2.31. The second-order valence-corrected chi connectivity index (χ2v) is 17.6. The fraction of sp³-hybridized carbons (Fsp3) is 0.545. The summed E-state index contributed by atoms with van der Waals surface area (Å²) in [6, 6.07) is 9.51. The number of aromatic nitrogens is 1. The number of aliphatic hydroxyl groups excluding tert-OH is 1. The molecule has 1 saturated heterocycles. The van der Waals surface area contributed by atoms with E-state index in [0.717, 1.165) is 53.8 Å². The van der Waals surface area contributed by atoms with E-state index in [2.05, 4.69) is 26.3 Å². The summed E-state index contributed by atoms with van der Waals surface area (Å²) in [5.74, 6) is -2.23. The molecule has 15 nitrogen and oxygen atoms in total. The molecule has 4 unspecified atom stereocenters. The van der Waals surface area contributed by atoms with Crippen LogP contribution in [0.25, 0.3) is 10.4 Å². The topological polar surface area (TPSA) is 209 Å². The van der Waals surface area contributed by atoms with E-state index in [1.807, 2.05) is 64.4 Å². The van der Waals surface area contributed by atoms with E-state index in [9.17, 15) is 34.2 Å². The Morgan fingerprint density at radius 2 is 1.68 bits per heavy atom. The summed E-state index contributed by atoms with van der Waals surface area (Å²) in [6.45, 7) is 9.48. The van der Waals surface area contributed by atoms with Gasteiger partial charge in [-0.25, -0.2) is 9.78 Å². The number of urea groups is 1. The number of aromatic hydroxyl groups is 1. The number of hydrogen-bond acceptors (Lipinski definition) is 11. The van der Waals surface area contributed by atoms with Gasteiger partial charge in [0.05, 0.1) is 34.8 Å². The van der Waals surface area contributed by atoms with E-state index in [1.54, 1.807) is 23.5 Å². The molecule has 2 heterocycles. The van der Waals surface area contributed by atoms with Gasteiger partial charge in [0.15, 0.2) is 0 Å². The number of aryl methyl sites for hydroxylation is 1. The Kier molecular flexibility index (Phi) is 16.5.